The Morgan fingerprint density at radius 1 is 1.59 bits per heavy atom. The maximum absolute atomic E-state index is 3.58. The van der Waals surface area contributed by atoms with Gasteiger partial charge in [-0.05, 0) is 61.3 Å². The van der Waals surface area contributed by atoms with Crippen molar-refractivity contribution in [2.75, 3.05) is 19.6 Å². The molecule has 0 bridgehead atoms. The van der Waals surface area contributed by atoms with Crippen molar-refractivity contribution in [2.24, 2.45) is 5.92 Å². The van der Waals surface area contributed by atoms with Crippen molar-refractivity contribution in [3.8, 4) is 0 Å². The fourth-order valence-corrected chi connectivity index (χ4v) is 3.76. The van der Waals surface area contributed by atoms with Crippen molar-refractivity contribution in [3.05, 3.63) is 20.8 Å². The molecule has 4 heteroatoms. The van der Waals surface area contributed by atoms with Crippen LogP contribution in [0.5, 0.6) is 0 Å². The van der Waals surface area contributed by atoms with Crippen LogP contribution in [0.4, 0.5) is 0 Å². The highest BCUT2D eigenvalue weighted by molar-refractivity contribution is 9.10. The number of hydrogen-bond acceptors (Lipinski definition) is 3. The molecular formula is C13H21BrN2S. The van der Waals surface area contributed by atoms with Crippen LogP contribution in [0.2, 0.25) is 0 Å². The summed E-state index contributed by atoms with van der Waals surface area (Å²) >= 11 is 5.31. The average Bonchev–Trinajstić information content (AvgIpc) is 2.88. The van der Waals surface area contributed by atoms with Crippen LogP contribution < -0.4 is 5.32 Å². The van der Waals surface area contributed by atoms with Crippen molar-refractivity contribution in [1.82, 2.24) is 10.2 Å². The minimum atomic E-state index is 0.702. The Morgan fingerprint density at radius 2 is 2.41 bits per heavy atom. The van der Waals surface area contributed by atoms with Gasteiger partial charge < -0.3 is 10.2 Å². The molecule has 0 aromatic carbocycles. The van der Waals surface area contributed by atoms with Gasteiger partial charge in [-0.15, -0.1) is 11.3 Å². The molecule has 0 amide bonds. The molecule has 0 saturated carbocycles. The van der Waals surface area contributed by atoms with E-state index < -0.39 is 0 Å². The summed E-state index contributed by atoms with van der Waals surface area (Å²) in [7, 11) is 0. The first-order valence-corrected chi connectivity index (χ1v) is 8.00. The quantitative estimate of drug-likeness (QED) is 0.896. The molecule has 1 fully saturated rings. The second-order valence-corrected chi connectivity index (χ2v) is 7.02. The summed E-state index contributed by atoms with van der Waals surface area (Å²) in [4.78, 5) is 3.99. The van der Waals surface area contributed by atoms with E-state index in [2.05, 4.69) is 51.4 Å². The van der Waals surface area contributed by atoms with Gasteiger partial charge in [-0.2, -0.15) is 0 Å². The van der Waals surface area contributed by atoms with Crippen LogP contribution in [-0.2, 0) is 6.54 Å². The molecule has 1 N–H and O–H groups in total. The zero-order valence-corrected chi connectivity index (χ0v) is 13.0. The number of likely N-dealkylation sites (tertiary alicyclic amines) is 1. The summed E-state index contributed by atoms with van der Waals surface area (Å²) in [5.74, 6) is 0.834. The van der Waals surface area contributed by atoms with E-state index in [4.69, 9.17) is 0 Å². The lowest BCUT2D eigenvalue weighted by Gasteiger charge is -2.20. The Labute approximate surface area is 117 Å². The van der Waals surface area contributed by atoms with E-state index in [0.717, 1.165) is 19.0 Å². The molecule has 1 aromatic heterocycles. The Kier molecular flexibility index (Phi) is 5.03. The van der Waals surface area contributed by atoms with Crippen LogP contribution in [0, 0.1) is 5.92 Å². The lowest BCUT2D eigenvalue weighted by Crippen LogP contribution is -2.30. The van der Waals surface area contributed by atoms with Gasteiger partial charge in [-0.1, -0.05) is 0 Å². The first kappa shape index (κ1) is 13.5. The van der Waals surface area contributed by atoms with Gasteiger partial charge in [0.05, 0.1) is 0 Å². The molecule has 1 aliphatic heterocycles. The molecule has 17 heavy (non-hydrogen) atoms. The van der Waals surface area contributed by atoms with Gasteiger partial charge >= 0.3 is 0 Å². The maximum Gasteiger partial charge on any atom is 0.0300 e. The maximum atomic E-state index is 3.58. The molecule has 0 aliphatic carbocycles. The number of halogens is 1. The van der Waals surface area contributed by atoms with Crippen LogP contribution in [-0.4, -0.2) is 30.6 Å². The highest BCUT2D eigenvalue weighted by Crippen LogP contribution is 2.20. The fourth-order valence-electron chi connectivity index (χ4n) is 2.34. The summed E-state index contributed by atoms with van der Waals surface area (Å²) in [5, 5.41) is 5.73. The van der Waals surface area contributed by atoms with Crippen molar-refractivity contribution in [2.45, 2.75) is 32.9 Å². The predicted octanol–water partition coefficient (Wildman–Crippen LogP) is 3.33. The second kappa shape index (κ2) is 6.32. The summed E-state index contributed by atoms with van der Waals surface area (Å²) in [6.07, 6.45) is 1.35. The Morgan fingerprint density at radius 3 is 3.00 bits per heavy atom. The number of hydrogen-bond donors (Lipinski definition) is 1. The van der Waals surface area contributed by atoms with Gasteiger partial charge in [-0.25, -0.2) is 0 Å². The third kappa shape index (κ3) is 4.05. The van der Waals surface area contributed by atoms with Crippen LogP contribution >= 0.6 is 27.3 Å². The number of nitrogens with zero attached hydrogens (tertiary/aromatic N) is 1. The summed E-state index contributed by atoms with van der Waals surface area (Å²) < 4.78 is 1.20. The topological polar surface area (TPSA) is 15.3 Å². The van der Waals surface area contributed by atoms with Gasteiger partial charge in [0.2, 0.25) is 0 Å². The Hall–Kier alpha value is 0.1000. The third-order valence-electron chi connectivity index (χ3n) is 3.40. The number of nitrogens with one attached hydrogen (secondary N) is 1. The molecular weight excluding hydrogens is 296 g/mol. The molecule has 0 spiro atoms. The minimum Gasteiger partial charge on any atom is -0.312 e. The first-order chi connectivity index (χ1) is 8.15. The van der Waals surface area contributed by atoms with E-state index in [-0.39, 0.29) is 0 Å². The SMILES string of the molecule is CC(C)N1CCC(CNCc2cc(Br)cs2)C1. The minimum absolute atomic E-state index is 0.702. The van der Waals surface area contributed by atoms with E-state index in [9.17, 15) is 0 Å². The van der Waals surface area contributed by atoms with Crippen LogP contribution in [0.3, 0.4) is 0 Å². The van der Waals surface area contributed by atoms with Gasteiger partial charge in [-0.3, -0.25) is 0 Å². The predicted molar refractivity (Wildman–Crippen MR) is 78.5 cm³/mol. The third-order valence-corrected chi connectivity index (χ3v) is 5.10. The second-order valence-electron chi connectivity index (χ2n) is 5.11. The van der Waals surface area contributed by atoms with Crippen LogP contribution in [0.25, 0.3) is 0 Å². The molecule has 96 valence electrons. The monoisotopic (exact) mass is 316 g/mol. The van der Waals surface area contributed by atoms with Gasteiger partial charge in [0.1, 0.15) is 0 Å². The van der Waals surface area contributed by atoms with Crippen molar-refractivity contribution < 1.29 is 0 Å². The lowest BCUT2D eigenvalue weighted by molar-refractivity contribution is 0.264. The number of thiophene rings is 1. The molecule has 1 atom stereocenters. The zero-order chi connectivity index (χ0) is 12.3. The van der Waals surface area contributed by atoms with Gasteiger partial charge in [0, 0.05) is 33.9 Å². The van der Waals surface area contributed by atoms with Crippen molar-refractivity contribution in [3.63, 3.8) is 0 Å². The van der Waals surface area contributed by atoms with E-state index in [0.29, 0.717) is 6.04 Å². The zero-order valence-electron chi connectivity index (χ0n) is 10.6. The molecule has 1 aromatic rings. The fraction of sp³-hybridized carbons (Fsp3) is 0.692. The Bertz CT molecular complexity index is 351. The first-order valence-electron chi connectivity index (χ1n) is 6.33. The summed E-state index contributed by atoms with van der Waals surface area (Å²) in [6.45, 7) is 9.28. The molecule has 2 rings (SSSR count). The molecule has 1 aliphatic rings. The van der Waals surface area contributed by atoms with Gasteiger partial charge in [0.25, 0.3) is 0 Å². The number of rotatable bonds is 5. The molecule has 1 saturated heterocycles. The van der Waals surface area contributed by atoms with Crippen molar-refractivity contribution in [1.29, 1.82) is 0 Å². The highest BCUT2D eigenvalue weighted by atomic mass is 79.9. The van der Waals surface area contributed by atoms with Gasteiger partial charge in [0.15, 0.2) is 0 Å². The Balaban J connectivity index is 1.66. The molecule has 0 radical (unpaired) electrons. The standard InChI is InChI=1S/C13H21BrN2S/c1-10(2)16-4-3-11(8-16)6-15-7-13-5-12(14)9-17-13/h5,9-11,15H,3-4,6-8H2,1-2H3. The molecule has 2 heterocycles. The summed E-state index contributed by atoms with van der Waals surface area (Å²) in [5.41, 5.74) is 0. The largest absolute Gasteiger partial charge is 0.312 e. The molecule has 2 nitrogen and oxygen atoms in total. The normalized spacial score (nSPS) is 21.5. The lowest BCUT2D eigenvalue weighted by atomic mass is 10.1. The van der Waals surface area contributed by atoms with Crippen molar-refractivity contribution >= 4 is 27.3 Å². The molecule has 1 unspecified atom stereocenters. The van der Waals surface area contributed by atoms with E-state index in [1.54, 1.807) is 0 Å². The summed E-state index contributed by atoms with van der Waals surface area (Å²) in [6, 6.07) is 2.90. The van der Waals surface area contributed by atoms with E-state index >= 15 is 0 Å². The van der Waals surface area contributed by atoms with E-state index in [1.165, 1.54) is 28.9 Å². The average molecular weight is 317 g/mol. The van der Waals surface area contributed by atoms with Crippen LogP contribution in [0.1, 0.15) is 25.1 Å². The smallest absolute Gasteiger partial charge is 0.0300 e. The van der Waals surface area contributed by atoms with E-state index in [1.807, 2.05) is 11.3 Å². The van der Waals surface area contributed by atoms with Crippen LogP contribution in [0.15, 0.2) is 15.9 Å². The highest BCUT2D eigenvalue weighted by Gasteiger charge is 2.23.